The lowest BCUT2D eigenvalue weighted by Crippen LogP contribution is -2.43. The highest BCUT2D eigenvalue weighted by molar-refractivity contribution is 5.65. The van der Waals surface area contributed by atoms with Crippen LogP contribution in [0.3, 0.4) is 0 Å². The van der Waals surface area contributed by atoms with E-state index in [4.69, 9.17) is 10.5 Å². The maximum Gasteiger partial charge on any atom is 0.0874 e. The molecular formula is C12H19N3O. The van der Waals surface area contributed by atoms with E-state index in [9.17, 15) is 0 Å². The second-order valence-corrected chi connectivity index (χ2v) is 4.22. The molecule has 1 aromatic carbocycles. The minimum absolute atomic E-state index is 0.248. The third kappa shape index (κ3) is 2.87. The van der Waals surface area contributed by atoms with E-state index in [0.29, 0.717) is 0 Å². The van der Waals surface area contributed by atoms with Crippen molar-refractivity contribution in [2.24, 2.45) is 0 Å². The van der Waals surface area contributed by atoms with Crippen molar-refractivity contribution in [2.75, 3.05) is 44.3 Å². The van der Waals surface area contributed by atoms with E-state index >= 15 is 0 Å². The number of nitrogen functional groups attached to an aromatic ring is 1. The molecule has 0 aliphatic carbocycles. The summed E-state index contributed by atoms with van der Waals surface area (Å²) in [6.07, 6.45) is 0.248. The van der Waals surface area contributed by atoms with Crippen molar-refractivity contribution in [3.63, 3.8) is 0 Å². The molecule has 0 saturated carbocycles. The van der Waals surface area contributed by atoms with Crippen LogP contribution in [0.25, 0.3) is 0 Å². The minimum atomic E-state index is 0.248. The number of nitrogens with two attached hydrogens (primary N) is 1. The van der Waals surface area contributed by atoms with Gasteiger partial charge in [0.25, 0.3) is 0 Å². The van der Waals surface area contributed by atoms with Gasteiger partial charge < -0.3 is 20.7 Å². The molecule has 1 aromatic rings. The van der Waals surface area contributed by atoms with Crippen molar-refractivity contribution in [3.8, 4) is 0 Å². The number of ether oxygens (including phenoxy) is 1. The monoisotopic (exact) mass is 221 g/mol. The highest BCUT2D eigenvalue weighted by Crippen LogP contribution is 2.17. The molecule has 0 radical (unpaired) electrons. The van der Waals surface area contributed by atoms with Crippen molar-refractivity contribution in [1.29, 1.82) is 0 Å². The maximum absolute atomic E-state index is 5.85. The van der Waals surface area contributed by atoms with Gasteiger partial charge >= 0.3 is 0 Å². The zero-order valence-electron chi connectivity index (χ0n) is 9.65. The first kappa shape index (κ1) is 11.2. The summed E-state index contributed by atoms with van der Waals surface area (Å²) in [6.45, 7) is 3.61. The van der Waals surface area contributed by atoms with Gasteiger partial charge in [-0.2, -0.15) is 0 Å². The zero-order chi connectivity index (χ0) is 11.4. The molecule has 2 rings (SSSR count). The maximum atomic E-state index is 5.85. The Morgan fingerprint density at radius 3 is 3.06 bits per heavy atom. The Morgan fingerprint density at radius 1 is 1.50 bits per heavy atom. The van der Waals surface area contributed by atoms with Crippen molar-refractivity contribution in [1.82, 2.24) is 4.90 Å². The van der Waals surface area contributed by atoms with Crippen LogP contribution in [0.15, 0.2) is 24.3 Å². The number of para-hydroxylation sites is 2. The van der Waals surface area contributed by atoms with Crippen LogP contribution < -0.4 is 11.1 Å². The van der Waals surface area contributed by atoms with Crippen LogP contribution in [-0.4, -0.2) is 44.3 Å². The smallest absolute Gasteiger partial charge is 0.0874 e. The molecule has 1 aliphatic heterocycles. The summed E-state index contributed by atoms with van der Waals surface area (Å²) >= 11 is 0. The first-order chi connectivity index (χ1) is 7.75. The second kappa shape index (κ2) is 5.18. The summed E-state index contributed by atoms with van der Waals surface area (Å²) in [5, 5.41) is 3.33. The Hall–Kier alpha value is -1.26. The number of rotatable bonds is 3. The fraction of sp³-hybridized carbons (Fsp3) is 0.500. The first-order valence-corrected chi connectivity index (χ1v) is 5.64. The summed E-state index contributed by atoms with van der Waals surface area (Å²) in [4.78, 5) is 2.28. The quantitative estimate of drug-likeness (QED) is 0.748. The standard InChI is InChI=1S/C12H19N3O/c1-15-6-7-16-10(9-15)8-14-12-5-3-2-4-11(12)13/h2-5,10,14H,6-9,13H2,1H3. The van der Waals surface area contributed by atoms with Crippen molar-refractivity contribution < 1.29 is 4.74 Å². The van der Waals surface area contributed by atoms with Gasteiger partial charge in [-0.3, -0.25) is 0 Å². The third-order valence-corrected chi connectivity index (χ3v) is 2.82. The molecule has 0 spiro atoms. The number of anilines is 2. The number of nitrogens with zero attached hydrogens (tertiary/aromatic N) is 1. The topological polar surface area (TPSA) is 50.5 Å². The first-order valence-electron chi connectivity index (χ1n) is 5.64. The predicted molar refractivity (Wildman–Crippen MR) is 66.6 cm³/mol. The highest BCUT2D eigenvalue weighted by Gasteiger charge is 2.17. The number of hydrogen-bond acceptors (Lipinski definition) is 4. The van der Waals surface area contributed by atoms with Crippen LogP contribution in [0.4, 0.5) is 11.4 Å². The minimum Gasteiger partial charge on any atom is -0.397 e. The van der Waals surface area contributed by atoms with Gasteiger partial charge in [0.2, 0.25) is 0 Å². The van der Waals surface area contributed by atoms with E-state index in [1.807, 2.05) is 24.3 Å². The van der Waals surface area contributed by atoms with E-state index < -0.39 is 0 Å². The van der Waals surface area contributed by atoms with E-state index in [1.165, 1.54) is 0 Å². The summed E-state index contributed by atoms with van der Waals surface area (Å²) in [5.74, 6) is 0. The predicted octanol–water partition coefficient (Wildman–Crippen LogP) is 1.01. The Kier molecular flexibility index (Phi) is 3.64. The van der Waals surface area contributed by atoms with E-state index in [0.717, 1.165) is 37.6 Å². The van der Waals surface area contributed by atoms with Crippen LogP contribution in [-0.2, 0) is 4.74 Å². The largest absolute Gasteiger partial charge is 0.397 e. The van der Waals surface area contributed by atoms with Gasteiger partial charge in [0, 0.05) is 19.6 Å². The van der Waals surface area contributed by atoms with Gasteiger partial charge in [0.15, 0.2) is 0 Å². The zero-order valence-corrected chi connectivity index (χ0v) is 9.65. The fourth-order valence-electron chi connectivity index (χ4n) is 1.87. The molecule has 16 heavy (non-hydrogen) atoms. The molecule has 0 bridgehead atoms. The number of hydrogen-bond donors (Lipinski definition) is 2. The molecule has 1 aliphatic rings. The lowest BCUT2D eigenvalue weighted by Gasteiger charge is -2.30. The molecule has 0 amide bonds. The lowest BCUT2D eigenvalue weighted by molar-refractivity contribution is -0.0117. The van der Waals surface area contributed by atoms with Gasteiger partial charge in [-0.25, -0.2) is 0 Å². The van der Waals surface area contributed by atoms with Gasteiger partial charge in [-0.05, 0) is 19.2 Å². The molecule has 1 fully saturated rings. The molecule has 3 N–H and O–H groups in total. The molecule has 4 nitrogen and oxygen atoms in total. The summed E-state index contributed by atoms with van der Waals surface area (Å²) in [5.41, 5.74) is 7.62. The van der Waals surface area contributed by atoms with Gasteiger partial charge in [-0.15, -0.1) is 0 Å². The molecule has 88 valence electrons. The molecule has 1 unspecified atom stereocenters. The molecule has 4 heteroatoms. The van der Waals surface area contributed by atoms with Crippen molar-refractivity contribution >= 4 is 11.4 Å². The van der Waals surface area contributed by atoms with Crippen LogP contribution in [0.5, 0.6) is 0 Å². The highest BCUT2D eigenvalue weighted by atomic mass is 16.5. The Morgan fingerprint density at radius 2 is 2.31 bits per heavy atom. The van der Waals surface area contributed by atoms with Gasteiger partial charge in [-0.1, -0.05) is 12.1 Å². The number of likely N-dealkylation sites (N-methyl/N-ethyl adjacent to an activating group) is 1. The van der Waals surface area contributed by atoms with Crippen molar-refractivity contribution in [3.05, 3.63) is 24.3 Å². The van der Waals surface area contributed by atoms with Gasteiger partial charge in [0.1, 0.15) is 0 Å². The third-order valence-electron chi connectivity index (χ3n) is 2.82. The Balaban J connectivity index is 1.85. The summed E-state index contributed by atoms with van der Waals surface area (Å²) in [6, 6.07) is 7.80. The van der Waals surface area contributed by atoms with Crippen LogP contribution in [0.2, 0.25) is 0 Å². The van der Waals surface area contributed by atoms with E-state index in [-0.39, 0.29) is 6.10 Å². The average molecular weight is 221 g/mol. The average Bonchev–Trinajstić information content (AvgIpc) is 2.28. The van der Waals surface area contributed by atoms with Crippen LogP contribution >= 0.6 is 0 Å². The Bertz CT molecular complexity index is 343. The molecule has 0 aromatic heterocycles. The second-order valence-electron chi connectivity index (χ2n) is 4.22. The van der Waals surface area contributed by atoms with Crippen LogP contribution in [0.1, 0.15) is 0 Å². The summed E-state index contributed by atoms with van der Waals surface area (Å²) < 4.78 is 5.66. The Labute approximate surface area is 96.4 Å². The molecular weight excluding hydrogens is 202 g/mol. The molecule has 1 heterocycles. The number of benzene rings is 1. The molecule has 1 atom stereocenters. The van der Waals surface area contributed by atoms with Crippen LogP contribution in [0, 0.1) is 0 Å². The SMILES string of the molecule is CN1CCOC(CNc2ccccc2N)C1. The normalized spacial score (nSPS) is 21.9. The van der Waals surface area contributed by atoms with E-state index in [2.05, 4.69) is 17.3 Å². The molecule has 1 saturated heterocycles. The van der Waals surface area contributed by atoms with Gasteiger partial charge in [0.05, 0.1) is 24.1 Å². The lowest BCUT2D eigenvalue weighted by atomic mass is 10.2. The fourth-order valence-corrected chi connectivity index (χ4v) is 1.87. The van der Waals surface area contributed by atoms with Crippen molar-refractivity contribution in [2.45, 2.75) is 6.10 Å². The number of nitrogens with one attached hydrogen (secondary N) is 1. The summed E-state index contributed by atoms with van der Waals surface area (Å²) in [7, 11) is 2.12. The van der Waals surface area contributed by atoms with E-state index in [1.54, 1.807) is 0 Å². The number of morpholine rings is 1.